The largest absolute Gasteiger partial charge is 0.370 e. The summed E-state index contributed by atoms with van der Waals surface area (Å²) in [5.41, 5.74) is 1.82. The summed E-state index contributed by atoms with van der Waals surface area (Å²) in [5, 5.41) is 5.66. The van der Waals surface area contributed by atoms with E-state index in [4.69, 9.17) is 0 Å². The van der Waals surface area contributed by atoms with Crippen molar-refractivity contribution in [2.24, 2.45) is 0 Å². The minimum Gasteiger partial charge on any atom is -0.370 e. The summed E-state index contributed by atoms with van der Waals surface area (Å²) in [7, 11) is 0. The van der Waals surface area contributed by atoms with Crippen LogP contribution in [0.3, 0.4) is 0 Å². The molecule has 0 saturated carbocycles. The lowest BCUT2D eigenvalue weighted by molar-refractivity contribution is 0.102. The third-order valence-electron chi connectivity index (χ3n) is 3.25. The number of carbonyl (C=O) groups is 1. The smallest absolute Gasteiger partial charge is 0.259 e. The number of halogens is 1. The lowest BCUT2D eigenvalue weighted by atomic mass is 10.2. The maximum absolute atomic E-state index is 13.6. The van der Waals surface area contributed by atoms with Gasteiger partial charge in [0.05, 0.1) is 16.8 Å². The minimum absolute atomic E-state index is 0.143. The average molecular weight is 298 g/mol. The Morgan fingerprint density at radius 3 is 2.86 bits per heavy atom. The Kier molecular flexibility index (Phi) is 3.74. The zero-order valence-corrected chi connectivity index (χ0v) is 12.0. The predicted octanol–water partition coefficient (Wildman–Crippen LogP) is 3.39. The number of amides is 1. The number of para-hydroxylation sites is 1. The van der Waals surface area contributed by atoms with Gasteiger partial charge in [-0.25, -0.2) is 9.37 Å². The molecule has 2 heterocycles. The summed E-state index contributed by atoms with van der Waals surface area (Å²) in [6.45, 7) is 2.70. The highest BCUT2D eigenvalue weighted by molar-refractivity contribution is 6.11. The number of benzene rings is 1. The molecule has 3 N–H and O–H groups in total. The molecule has 0 aliphatic heterocycles. The fraction of sp³-hybridized carbons (Fsp3) is 0.125. The van der Waals surface area contributed by atoms with Crippen molar-refractivity contribution in [2.75, 3.05) is 17.2 Å². The molecular weight excluding hydrogens is 283 g/mol. The van der Waals surface area contributed by atoms with Crippen LogP contribution in [0.25, 0.3) is 11.0 Å². The van der Waals surface area contributed by atoms with E-state index < -0.39 is 11.7 Å². The first-order chi connectivity index (χ1) is 10.7. The van der Waals surface area contributed by atoms with Crippen LogP contribution in [0, 0.1) is 5.82 Å². The lowest BCUT2D eigenvalue weighted by Crippen LogP contribution is -2.13. The summed E-state index contributed by atoms with van der Waals surface area (Å²) in [6, 6.07) is 9.73. The summed E-state index contributed by atoms with van der Waals surface area (Å²) >= 11 is 0. The molecule has 0 aliphatic carbocycles. The van der Waals surface area contributed by atoms with Gasteiger partial charge in [0.1, 0.15) is 17.2 Å². The minimum atomic E-state index is -0.475. The Balaban J connectivity index is 1.93. The number of H-pyrrole nitrogens is 1. The Bertz CT molecular complexity index is 828. The Hall–Kier alpha value is -2.89. The Morgan fingerprint density at radius 1 is 1.27 bits per heavy atom. The molecule has 0 fully saturated rings. The first-order valence-corrected chi connectivity index (χ1v) is 6.97. The summed E-state index contributed by atoms with van der Waals surface area (Å²) in [4.78, 5) is 19.8. The molecule has 0 bridgehead atoms. The van der Waals surface area contributed by atoms with Crippen LogP contribution < -0.4 is 10.6 Å². The normalized spacial score (nSPS) is 10.6. The van der Waals surface area contributed by atoms with Gasteiger partial charge in [0, 0.05) is 12.7 Å². The number of hydrogen-bond donors (Lipinski definition) is 3. The van der Waals surface area contributed by atoms with E-state index in [0.29, 0.717) is 16.9 Å². The van der Waals surface area contributed by atoms with Gasteiger partial charge in [0.15, 0.2) is 0 Å². The third-order valence-corrected chi connectivity index (χ3v) is 3.25. The molecule has 1 amide bonds. The highest BCUT2D eigenvalue weighted by atomic mass is 19.1. The van der Waals surface area contributed by atoms with E-state index in [1.807, 2.05) is 19.1 Å². The van der Waals surface area contributed by atoms with Gasteiger partial charge < -0.3 is 15.6 Å². The first-order valence-electron chi connectivity index (χ1n) is 6.97. The molecule has 3 rings (SSSR count). The van der Waals surface area contributed by atoms with Gasteiger partial charge >= 0.3 is 0 Å². The Labute approximate surface area is 126 Å². The van der Waals surface area contributed by atoms with Crippen molar-refractivity contribution in [1.82, 2.24) is 9.97 Å². The highest BCUT2D eigenvalue weighted by Crippen LogP contribution is 2.20. The molecule has 112 valence electrons. The second-order valence-electron chi connectivity index (χ2n) is 4.76. The molecule has 0 spiro atoms. The van der Waals surface area contributed by atoms with Crippen LogP contribution in [0.5, 0.6) is 0 Å². The van der Waals surface area contributed by atoms with Crippen molar-refractivity contribution in [3.63, 3.8) is 0 Å². The number of aromatic nitrogens is 2. The standard InChI is InChI=1S/C16H15FN4O/c1-2-18-14-8-7-13-15(21-14)10(9-19-13)16(22)20-12-6-4-3-5-11(12)17/h3-9,19H,2H2,1H3,(H,18,21)(H,20,22). The molecule has 0 saturated heterocycles. The molecule has 2 aromatic heterocycles. The quantitative estimate of drug-likeness (QED) is 0.691. The molecular formula is C16H15FN4O. The van der Waals surface area contributed by atoms with Crippen LogP contribution in [0.15, 0.2) is 42.6 Å². The number of nitrogens with zero attached hydrogens (tertiary/aromatic N) is 1. The molecule has 0 atom stereocenters. The van der Waals surface area contributed by atoms with Crippen molar-refractivity contribution >= 4 is 28.4 Å². The lowest BCUT2D eigenvalue weighted by Gasteiger charge is -2.06. The fourth-order valence-electron chi connectivity index (χ4n) is 2.20. The van der Waals surface area contributed by atoms with Crippen LogP contribution >= 0.6 is 0 Å². The zero-order valence-electron chi connectivity index (χ0n) is 12.0. The van der Waals surface area contributed by atoms with E-state index in [1.165, 1.54) is 12.1 Å². The van der Waals surface area contributed by atoms with Crippen molar-refractivity contribution in [2.45, 2.75) is 6.92 Å². The number of hydrogen-bond acceptors (Lipinski definition) is 3. The van der Waals surface area contributed by atoms with Gasteiger partial charge in [-0.2, -0.15) is 0 Å². The molecule has 5 nitrogen and oxygen atoms in total. The maximum Gasteiger partial charge on any atom is 0.259 e. The first kappa shape index (κ1) is 14.1. The van der Waals surface area contributed by atoms with Crippen molar-refractivity contribution in [3.05, 3.63) is 54.0 Å². The van der Waals surface area contributed by atoms with E-state index in [1.54, 1.807) is 18.3 Å². The second kappa shape index (κ2) is 5.85. The van der Waals surface area contributed by atoms with Crippen LogP contribution in [0.1, 0.15) is 17.3 Å². The summed E-state index contributed by atoms with van der Waals surface area (Å²) < 4.78 is 13.6. The molecule has 1 aromatic carbocycles. The number of carbonyl (C=O) groups excluding carboxylic acids is 1. The van der Waals surface area contributed by atoms with E-state index in [-0.39, 0.29) is 5.69 Å². The van der Waals surface area contributed by atoms with Crippen LogP contribution in [-0.4, -0.2) is 22.4 Å². The van der Waals surface area contributed by atoms with Gasteiger partial charge in [-0.3, -0.25) is 4.79 Å². The molecule has 22 heavy (non-hydrogen) atoms. The maximum atomic E-state index is 13.6. The van der Waals surface area contributed by atoms with Crippen molar-refractivity contribution in [3.8, 4) is 0 Å². The molecule has 0 unspecified atom stereocenters. The van der Waals surface area contributed by atoms with Crippen LogP contribution in [0.2, 0.25) is 0 Å². The molecule has 0 radical (unpaired) electrons. The zero-order chi connectivity index (χ0) is 15.5. The number of anilines is 2. The van der Waals surface area contributed by atoms with E-state index >= 15 is 0 Å². The van der Waals surface area contributed by atoms with E-state index in [2.05, 4.69) is 20.6 Å². The van der Waals surface area contributed by atoms with Gasteiger partial charge in [-0.1, -0.05) is 12.1 Å². The fourth-order valence-corrected chi connectivity index (χ4v) is 2.20. The second-order valence-corrected chi connectivity index (χ2v) is 4.76. The van der Waals surface area contributed by atoms with Gasteiger partial charge in [-0.05, 0) is 31.2 Å². The van der Waals surface area contributed by atoms with Crippen LogP contribution in [-0.2, 0) is 0 Å². The average Bonchev–Trinajstić information content (AvgIpc) is 2.93. The Morgan fingerprint density at radius 2 is 2.09 bits per heavy atom. The highest BCUT2D eigenvalue weighted by Gasteiger charge is 2.15. The van der Waals surface area contributed by atoms with E-state index in [9.17, 15) is 9.18 Å². The molecule has 3 aromatic rings. The van der Waals surface area contributed by atoms with E-state index in [0.717, 1.165) is 12.1 Å². The summed E-state index contributed by atoms with van der Waals surface area (Å²) in [5.74, 6) is -0.191. The molecule has 6 heteroatoms. The summed E-state index contributed by atoms with van der Waals surface area (Å²) in [6.07, 6.45) is 1.57. The number of nitrogens with one attached hydrogen (secondary N) is 3. The molecule has 0 aliphatic rings. The monoisotopic (exact) mass is 298 g/mol. The third kappa shape index (κ3) is 2.63. The van der Waals surface area contributed by atoms with Crippen molar-refractivity contribution in [1.29, 1.82) is 0 Å². The predicted molar refractivity (Wildman–Crippen MR) is 84.6 cm³/mol. The number of aromatic amines is 1. The number of rotatable bonds is 4. The van der Waals surface area contributed by atoms with Crippen LogP contribution in [0.4, 0.5) is 15.9 Å². The van der Waals surface area contributed by atoms with Gasteiger partial charge in [0.2, 0.25) is 0 Å². The van der Waals surface area contributed by atoms with Gasteiger partial charge in [-0.15, -0.1) is 0 Å². The van der Waals surface area contributed by atoms with Gasteiger partial charge in [0.25, 0.3) is 5.91 Å². The topological polar surface area (TPSA) is 69.8 Å². The van der Waals surface area contributed by atoms with Crippen molar-refractivity contribution < 1.29 is 9.18 Å². The SMILES string of the molecule is CCNc1ccc2[nH]cc(C(=O)Nc3ccccc3F)c2n1. The number of pyridine rings is 1. The number of fused-ring (bicyclic) bond motifs is 1.